The molecule has 0 amide bonds. The molecule has 27 heavy (non-hydrogen) atoms. The molecule has 3 heterocycles. The van der Waals surface area contributed by atoms with Crippen LogP contribution in [0, 0.1) is 5.92 Å². The first-order valence-corrected chi connectivity index (χ1v) is 10.3. The van der Waals surface area contributed by atoms with Crippen molar-refractivity contribution < 1.29 is 8.78 Å². The van der Waals surface area contributed by atoms with Crippen molar-refractivity contribution in [1.82, 2.24) is 25.0 Å². The highest BCUT2D eigenvalue weighted by molar-refractivity contribution is 5.83. The van der Waals surface area contributed by atoms with Gasteiger partial charge in [-0.15, -0.1) is 5.10 Å². The van der Waals surface area contributed by atoms with Crippen molar-refractivity contribution in [3.05, 3.63) is 5.82 Å². The third-order valence-electron chi connectivity index (χ3n) is 5.77. The summed E-state index contributed by atoms with van der Waals surface area (Å²) in [6.07, 6.45) is 8.89. The predicted molar refractivity (Wildman–Crippen MR) is 100 cm³/mol. The molecule has 0 spiro atoms. The van der Waals surface area contributed by atoms with Gasteiger partial charge < -0.3 is 4.90 Å². The molecule has 2 fully saturated rings. The largest absolute Gasteiger partial charge is 0.348 e. The molecule has 6 nitrogen and oxygen atoms in total. The SMILES string of the molecule is CCCCc1nc(N2CCC(F)(F)C2)c2nnn(CC3CCCCC3)c2n1. The van der Waals surface area contributed by atoms with Crippen LogP contribution in [0.15, 0.2) is 0 Å². The van der Waals surface area contributed by atoms with E-state index in [0.29, 0.717) is 35.3 Å². The van der Waals surface area contributed by atoms with Gasteiger partial charge in [-0.2, -0.15) is 0 Å². The van der Waals surface area contributed by atoms with Crippen LogP contribution in [-0.2, 0) is 13.0 Å². The molecule has 1 aliphatic carbocycles. The fraction of sp³-hybridized carbons (Fsp3) is 0.789. The molecular weight excluding hydrogens is 350 g/mol. The molecule has 1 saturated carbocycles. The van der Waals surface area contributed by atoms with Crippen molar-refractivity contribution in [2.75, 3.05) is 18.0 Å². The van der Waals surface area contributed by atoms with Crippen LogP contribution in [0.4, 0.5) is 14.6 Å². The zero-order chi connectivity index (χ0) is 18.9. The summed E-state index contributed by atoms with van der Waals surface area (Å²) in [5.74, 6) is -0.837. The van der Waals surface area contributed by atoms with Crippen molar-refractivity contribution >= 4 is 17.0 Å². The molecule has 4 rings (SSSR count). The van der Waals surface area contributed by atoms with Crippen LogP contribution in [0.25, 0.3) is 11.2 Å². The topological polar surface area (TPSA) is 59.7 Å². The second-order valence-electron chi connectivity index (χ2n) is 8.04. The van der Waals surface area contributed by atoms with E-state index < -0.39 is 5.92 Å². The molecule has 2 aromatic heterocycles. The van der Waals surface area contributed by atoms with Crippen LogP contribution in [0.3, 0.4) is 0 Å². The van der Waals surface area contributed by atoms with Gasteiger partial charge in [0.15, 0.2) is 17.0 Å². The maximum absolute atomic E-state index is 13.8. The van der Waals surface area contributed by atoms with Crippen molar-refractivity contribution in [3.63, 3.8) is 0 Å². The number of anilines is 1. The summed E-state index contributed by atoms with van der Waals surface area (Å²) < 4.78 is 29.4. The summed E-state index contributed by atoms with van der Waals surface area (Å²) in [5.41, 5.74) is 1.26. The number of unbranched alkanes of at least 4 members (excludes halogenated alkanes) is 1. The highest BCUT2D eigenvalue weighted by Crippen LogP contribution is 2.33. The van der Waals surface area contributed by atoms with Gasteiger partial charge in [0.2, 0.25) is 0 Å². The monoisotopic (exact) mass is 378 g/mol. The Hall–Kier alpha value is -1.86. The van der Waals surface area contributed by atoms with Crippen LogP contribution in [0.2, 0.25) is 0 Å². The predicted octanol–water partition coefficient (Wildman–Crippen LogP) is 3.99. The van der Waals surface area contributed by atoms with Gasteiger partial charge in [-0.05, 0) is 25.2 Å². The summed E-state index contributed by atoms with van der Waals surface area (Å²) >= 11 is 0. The Morgan fingerprint density at radius 2 is 1.96 bits per heavy atom. The maximum atomic E-state index is 13.8. The minimum atomic E-state index is -2.67. The maximum Gasteiger partial charge on any atom is 0.266 e. The molecule has 0 bridgehead atoms. The van der Waals surface area contributed by atoms with Gasteiger partial charge in [0, 0.05) is 25.9 Å². The van der Waals surface area contributed by atoms with Gasteiger partial charge in [0.05, 0.1) is 6.54 Å². The smallest absolute Gasteiger partial charge is 0.266 e. The van der Waals surface area contributed by atoms with E-state index in [9.17, 15) is 8.78 Å². The number of halogens is 2. The molecule has 8 heteroatoms. The Morgan fingerprint density at radius 3 is 2.67 bits per heavy atom. The number of hydrogen-bond acceptors (Lipinski definition) is 5. The minimum absolute atomic E-state index is 0.140. The van der Waals surface area contributed by atoms with E-state index in [1.807, 2.05) is 4.68 Å². The van der Waals surface area contributed by atoms with E-state index in [1.165, 1.54) is 32.1 Å². The van der Waals surface area contributed by atoms with Gasteiger partial charge >= 0.3 is 0 Å². The fourth-order valence-electron chi connectivity index (χ4n) is 4.21. The van der Waals surface area contributed by atoms with Crippen molar-refractivity contribution in [2.24, 2.45) is 5.92 Å². The number of aromatic nitrogens is 5. The number of hydrogen-bond donors (Lipinski definition) is 0. The second kappa shape index (κ2) is 7.64. The van der Waals surface area contributed by atoms with Crippen molar-refractivity contribution in [2.45, 2.75) is 77.2 Å². The molecule has 1 aliphatic heterocycles. The third-order valence-corrected chi connectivity index (χ3v) is 5.77. The van der Waals surface area contributed by atoms with Crippen LogP contribution >= 0.6 is 0 Å². The first kappa shape index (κ1) is 18.5. The fourth-order valence-corrected chi connectivity index (χ4v) is 4.21. The minimum Gasteiger partial charge on any atom is -0.348 e. The Labute approximate surface area is 158 Å². The van der Waals surface area contributed by atoms with E-state index in [2.05, 4.69) is 22.2 Å². The zero-order valence-electron chi connectivity index (χ0n) is 16.0. The van der Waals surface area contributed by atoms with Gasteiger partial charge in [0.1, 0.15) is 5.82 Å². The van der Waals surface area contributed by atoms with Crippen LogP contribution in [-0.4, -0.2) is 44.0 Å². The highest BCUT2D eigenvalue weighted by atomic mass is 19.3. The van der Waals surface area contributed by atoms with Crippen LogP contribution < -0.4 is 4.90 Å². The molecule has 0 aromatic carbocycles. The van der Waals surface area contributed by atoms with E-state index in [-0.39, 0.29) is 13.0 Å². The van der Waals surface area contributed by atoms with Crippen LogP contribution in [0.5, 0.6) is 0 Å². The molecule has 0 N–H and O–H groups in total. The van der Waals surface area contributed by atoms with Gasteiger partial charge in [0.25, 0.3) is 5.92 Å². The number of fused-ring (bicyclic) bond motifs is 1. The molecular formula is C19H28F2N6. The highest BCUT2D eigenvalue weighted by Gasteiger charge is 2.40. The number of aryl methyl sites for hydroxylation is 1. The zero-order valence-corrected chi connectivity index (χ0v) is 16.0. The van der Waals surface area contributed by atoms with Crippen molar-refractivity contribution in [1.29, 1.82) is 0 Å². The number of nitrogens with zero attached hydrogens (tertiary/aromatic N) is 6. The van der Waals surface area contributed by atoms with E-state index >= 15 is 0 Å². The number of rotatable bonds is 6. The summed E-state index contributed by atoms with van der Waals surface area (Å²) in [7, 11) is 0. The second-order valence-corrected chi connectivity index (χ2v) is 8.04. The molecule has 1 saturated heterocycles. The Morgan fingerprint density at radius 1 is 1.15 bits per heavy atom. The van der Waals surface area contributed by atoms with Crippen molar-refractivity contribution in [3.8, 4) is 0 Å². The average Bonchev–Trinajstić information content (AvgIpc) is 3.23. The standard InChI is InChI=1S/C19H28F2N6/c1-2-3-9-15-22-17(26-11-10-19(20,21)13-26)16-18(23-15)27(25-24-16)12-14-7-5-4-6-8-14/h14H,2-13H2,1H3. The van der Waals surface area contributed by atoms with Crippen LogP contribution in [0.1, 0.15) is 64.1 Å². The Kier molecular flexibility index (Phi) is 5.23. The first-order valence-electron chi connectivity index (χ1n) is 10.3. The lowest BCUT2D eigenvalue weighted by atomic mass is 9.89. The molecule has 0 radical (unpaired) electrons. The summed E-state index contributed by atoms with van der Waals surface area (Å²) in [5, 5.41) is 8.63. The summed E-state index contributed by atoms with van der Waals surface area (Å²) in [6.45, 7) is 2.91. The Bertz CT molecular complexity index is 784. The molecule has 0 atom stereocenters. The van der Waals surface area contributed by atoms with E-state index in [4.69, 9.17) is 4.98 Å². The molecule has 2 aromatic rings. The summed E-state index contributed by atoms with van der Waals surface area (Å²) in [6, 6.07) is 0. The first-order chi connectivity index (χ1) is 13.1. The lowest BCUT2D eigenvalue weighted by Gasteiger charge is -2.21. The lowest BCUT2D eigenvalue weighted by molar-refractivity contribution is 0.0257. The lowest BCUT2D eigenvalue weighted by Crippen LogP contribution is -2.26. The normalized spacial score (nSPS) is 20.6. The van der Waals surface area contributed by atoms with E-state index in [0.717, 1.165) is 25.8 Å². The van der Waals surface area contributed by atoms with Gasteiger partial charge in [-0.1, -0.05) is 37.8 Å². The van der Waals surface area contributed by atoms with Gasteiger partial charge in [-0.3, -0.25) is 0 Å². The van der Waals surface area contributed by atoms with Gasteiger partial charge in [-0.25, -0.2) is 23.4 Å². The Balaban J connectivity index is 1.68. The van der Waals surface area contributed by atoms with E-state index in [1.54, 1.807) is 4.90 Å². The third kappa shape index (κ3) is 4.04. The molecule has 0 unspecified atom stereocenters. The average molecular weight is 378 g/mol. The number of alkyl halides is 2. The summed E-state index contributed by atoms with van der Waals surface area (Å²) in [4.78, 5) is 11.0. The molecule has 2 aliphatic rings. The quantitative estimate of drug-likeness (QED) is 0.761. The molecule has 148 valence electrons.